The summed E-state index contributed by atoms with van der Waals surface area (Å²) in [5.41, 5.74) is 1.29. The second-order valence-electron chi connectivity index (χ2n) is 5.74. The lowest BCUT2D eigenvalue weighted by Gasteiger charge is -2.20. The van der Waals surface area contributed by atoms with Crippen LogP contribution in [0.3, 0.4) is 0 Å². The van der Waals surface area contributed by atoms with Gasteiger partial charge >= 0.3 is 0 Å². The maximum absolute atomic E-state index is 12.4. The first kappa shape index (κ1) is 17.5. The van der Waals surface area contributed by atoms with Gasteiger partial charge in [0.15, 0.2) is 0 Å². The van der Waals surface area contributed by atoms with Crippen LogP contribution in [0.4, 0.5) is 0 Å². The molecule has 0 fully saturated rings. The van der Waals surface area contributed by atoms with Crippen LogP contribution in [0.2, 0.25) is 10.0 Å². The Balaban J connectivity index is 1.74. The van der Waals surface area contributed by atoms with Crippen LogP contribution in [0.1, 0.15) is 26.3 Å². The van der Waals surface area contributed by atoms with Gasteiger partial charge in [-0.2, -0.15) is 0 Å². The van der Waals surface area contributed by atoms with Crippen molar-refractivity contribution in [2.45, 2.75) is 6.54 Å². The van der Waals surface area contributed by atoms with E-state index in [0.717, 1.165) is 10.5 Å². The summed E-state index contributed by atoms with van der Waals surface area (Å²) in [7, 11) is 1.63. The Kier molecular flexibility index (Phi) is 4.79. The van der Waals surface area contributed by atoms with Gasteiger partial charge in [-0.05, 0) is 17.7 Å². The monoisotopic (exact) mass is 376 g/mol. The van der Waals surface area contributed by atoms with Crippen molar-refractivity contribution in [3.63, 3.8) is 0 Å². The van der Waals surface area contributed by atoms with E-state index in [9.17, 15) is 14.4 Å². The molecule has 0 unspecified atom stereocenters. The zero-order chi connectivity index (χ0) is 18.1. The molecule has 25 heavy (non-hydrogen) atoms. The summed E-state index contributed by atoms with van der Waals surface area (Å²) < 4.78 is 0. The van der Waals surface area contributed by atoms with Gasteiger partial charge in [-0.15, -0.1) is 0 Å². The standard InChI is InChI=1S/C18H14Cl2N2O3/c1-21(9-11-5-3-2-4-6-11)16(23)10-22-17(24)12-7-14(19)15(20)8-13(12)18(22)25/h2-8H,9-10H2,1H3. The van der Waals surface area contributed by atoms with Crippen molar-refractivity contribution in [3.05, 3.63) is 69.2 Å². The number of benzene rings is 2. The molecule has 0 bridgehead atoms. The van der Waals surface area contributed by atoms with Gasteiger partial charge in [0.1, 0.15) is 6.54 Å². The fraction of sp³-hybridized carbons (Fsp3) is 0.167. The number of hydrogen-bond acceptors (Lipinski definition) is 3. The van der Waals surface area contributed by atoms with Crippen molar-refractivity contribution in [2.24, 2.45) is 0 Å². The van der Waals surface area contributed by atoms with E-state index in [1.54, 1.807) is 7.05 Å². The number of hydrogen-bond donors (Lipinski definition) is 0. The highest BCUT2D eigenvalue weighted by atomic mass is 35.5. The minimum Gasteiger partial charge on any atom is -0.340 e. The molecule has 0 aromatic heterocycles. The molecule has 2 aromatic rings. The largest absolute Gasteiger partial charge is 0.340 e. The van der Waals surface area contributed by atoms with E-state index in [1.807, 2.05) is 30.3 Å². The Morgan fingerprint density at radius 1 is 1.00 bits per heavy atom. The van der Waals surface area contributed by atoms with E-state index in [-0.39, 0.29) is 33.6 Å². The Morgan fingerprint density at radius 2 is 1.52 bits per heavy atom. The Morgan fingerprint density at radius 3 is 2.04 bits per heavy atom. The number of amides is 3. The number of nitrogens with zero attached hydrogens (tertiary/aromatic N) is 2. The third-order valence-electron chi connectivity index (χ3n) is 3.99. The fourth-order valence-electron chi connectivity index (χ4n) is 2.63. The van der Waals surface area contributed by atoms with Gasteiger partial charge in [0.05, 0.1) is 21.2 Å². The van der Waals surface area contributed by atoms with Crippen LogP contribution >= 0.6 is 23.2 Å². The van der Waals surface area contributed by atoms with E-state index >= 15 is 0 Å². The van der Waals surface area contributed by atoms with Crippen LogP contribution in [-0.4, -0.2) is 41.1 Å². The van der Waals surface area contributed by atoms with Crippen LogP contribution in [0.25, 0.3) is 0 Å². The summed E-state index contributed by atoms with van der Waals surface area (Å²) in [6, 6.07) is 12.2. The normalized spacial score (nSPS) is 13.2. The number of halogens is 2. The molecule has 1 heterocycles. The van der Waals surface area contributed by atoms with E-state index < -0.39 is 11.8 Å². The molecule has 0 aliphatic carbocycles. The highest BCUT2D eigenvalue weighted by Crippen LogP contribution is 2.31. The molecule has 7 heteroatoms. The van der Waals surface area contributed by atoms with Crippen molar-refractivity contribution in [1.82, 2.24) is 9.80 Å². The summed E-state index contributed by atoms with van der Waals surface area (Å²) in [5, 5.41) is 0.381. The van der Waals surface area contributed by atoms with Crippen LogP contribution in [-0.2, 0) is 11.3 Å². The topological polar surface area (TPSA) is 57.7 Å². The third kappa shape index (κ3) is 3.38. The highest BCUT2D eigenvalue weighted by molar-refractivity contribution is 6.43. The number of carbonyl (C=O) groups excluding carboxylic acids is 3. The summed E-state index contributed by atoms with van der Waals surface area (Å²) in [4.78, 5) is 39.6. The van der Waals surface area contributed by atoms with Crippen molar-refractivity contribution in [3.8, 4) is 0 Å². The Hall–Kier alpha value is -2.37. The molecule has 0 radical (unpaired) electrons. The molecule has 0 spiro atoms. The zero-order valence-electron chi connectivity index (χ0n) is 13.3. The summed E-state index contributed by atoms with van der Waals surface area (Å²) >= 11 is 11.8. The first-order valence-corrected chi connectivity index (χ1v) is 8.27. The van der Waals surface area contributed by atoms with Gasteiger partial charge in [-0.3, -0.25) is 19.3 Å². The van der Waals surface area contributed by atoms with Gasteiger partial charge in [0.25, 0.3) is 11.8 Å². The second-order valence-corrected chi connectivity index (χ2v) is 6.56. The smallest absolute Gasteiger partial charge is 0.262 e. The SMILES string of the molecule is CN(Cc1ccccc1)C(=O)CN1C(=O)c2cc(Cl)c(Cl)cc2C1=O. The predicted molar refractivity (Wildman–Crippen MR) is 94.7 cm³/mol. The number of carbonyl (C=O) groups is 3. The molecule has 0 N–H and O–H groups in total. The molecular weight excluding hydrogens is 363 g/mol. The molecule has 0 atom stereocenters. The van der Waals surface area contributed by atoms with Gasteiger partial charge < -0.3 is 4.90 Å². The number of imide groups is 1. The second kappa shape index (κ2) is 6.86. The first-order chi connectivity index (χ1) is 11.9. The average Bonchev–Trinajstić information content (AvgIpc) is 2.81. The summed E-state index contributed by atoms with van der Waals surface area (Å²) in [5.74, 6) is -1.42. The number of rotatable bonds is 4. The molecule has 0 saturated heterocycles. The lowest BCUT2D eigenvalue weighted by atomic mass is 10.1. The minimum atomic E-state index is -0.542. The van der Waals surface area contributed by atoms with Gasteiger partial charge in [-0.1, -0.05) is 53.5 Å². The van der Waals surface area contributed by atoms with E-state index in [4.69, 9.17) is 23.2 Å². The maximum Gasteiger partial charge on any atom is 0.262 e. The van der Waals surface area contributed by atoms with Crippen molar-refractivity contribution < 1.29 is 14.4 Å². The highest BCUT2D eigenvalue weighted by Gasteiger charge is 2.37. The third-order valence-corrected chi connectivity index (χ3v) is 4.72. The lowest BCUT2D eigenvalue weighted by molar-refractivity contribution is -0.130. The van der Waals surface area contributed by atoms with Gasteiger partial charge in [0.2, 0.25) is 5.91 Å². The minimum absolute atomic E-state index is 0.165. The van der Waals surface area contributed by atoms with Crippen LogP contribution in [0, 0.1) is 0 Å². The first-order valence-electron chi connectivity index (χ1n) is 7.51. The molecule has 1 aliphatic rings. The summed E-state index contributed by atoms with van der Waals surface area (Å²) in [6.45, 7) is 0.0609. The van der Waals surface area contributed by atoms with Crippen molar-refractivity contribution in [2.75, 3.05) is 13.6 Å². The lowest BCUT2D eigenvalue weighted by Crippen LogP contribution is -2.40. The van der Waals surface area contributed by atoms with Crippen LogP contribution in [0.15, 0.2) is 42.5 Å². The average molecular weight is 377 g/mol. The number of likely N-dealkylation sites (N-methyl/N-ethyl adjacent to an activating group) is 1. The van der Waals surface area contributed by atoms with Crippen molar-refractivity contribution >= 4 is 40.9 Å². The van der Waals surface area contributed by atoms with Crippen molar-refractivity contribution in [1.29, 1.82) is 0 Å². The van der Waals surface area contributed by atoms with Crippen LogP contribution < -0.4 is 0 Å². The van der Waals surface area contributed by atoms with E-state index in [0.29, 0.717) is 6.54 Å². The molecule has 5 nitrogen and oxygen atoms in total. The number of fused-ring (bicyclic) bond motifs is 1. The molecule has 0 saturated carbocycles. The van der Waals surface area contributed by atoms with Gasteiger partial charge in [0, 0.05) is 13.6 Å². The molecule has 3 rings (SSSR count). The summed E-state index contributed by atoms with van der Waals surface area (Å²) in [6.07, 6.45) is 0. The molecule has 128 valence electrons. The zero-order valence-corrected chi connectivity index (χ0v) is 14.8. The van der Waals surface area contributed by atoms with Gasteiger partial charge in [-0.25, -0.2) is 0 Å². The molecular formula is C18H14Cl2N2O3. The fourth-order valence-corrected chi connectivity index (χ4v) is 2.96. The quantitative estimate of drug-likeness (QED) is 0.769. The van der Waals surface area contributed by atoms with E-state index in [1.165, 1.54) is 17.0 Å². The predicted octanol–water partition coefficient (Wildman–Crippen LogP) is 3.25. The Bertz CT molecular complexity index is 827. The van der Waals surface area contributed by atoms with Crippen LogP contribution in [0.5, 0.6) is 0 Å². The Labute approximate surface area is 154 Å². The van der Waals surface area contributed by atoms with E-state index in [2.05, 4.69) is 0 Å². The molecule has 2 aromatic carbocycles. The molecule has 3 amide bonds. The molecule has 1 aliphatic heterocycles. The maximum atomic E-state index is 12.4.